The van der Waals surface area contributed by atoms with Gasteiger partial charge >= 0.3 is 5.63 Å². The molecule has 0 bridgehead atoms. The van der Waals surface area contributed by atoms with Gasteiger partial charge in [0.05, 0.1) is 12.6 Å². The Morgan fingerprint density at radius 3 is 2.64 bits per heavy atom. The molecule has 6 heteroatoms. The van der Waals surface area contributed by atoms with Crippen molar-refractivity contribution in [2.75, 3.05) is 20.3 Å². The van der Waals surface area contributed by atoms with Crippen LogP contribution in [0.3, 0.4) is 0 Å². The molecule has 0 amide bonds. The van der Waals surface area contributed by atoms with E-state index in [1.54, 1.807) is 19.2 Å². The lowest BCUT2D eigenvalue weighted by atomic mass is 10.1. The summed E-state index contributed by atoms with van der Waals surface area (Å²) in [5, 5.41) is 0.842. The summed E-state index contributed by atoms with van der Waals surface area (Å²) in [6.45, 7) is 8.29. The van der Waals surface area contributed by atoms with Crippen LogP contribution in [0.15, 0.2) is 39.5 Å². The van der Waals surface area contributed by atoms with E-state index in [1.165, 1.54) is 6.07 Å². The zero-order valence-electron chi connectivity index (χ0n) is 16.9. The van der Waals surface area contributed by atoms with Gasteiger partial charge in [0, 0.05) is 41.6 Å². The van der Waals surface area contributed by atoms with E-state index in [9.17, 15) is 9.59 Å². The summed E-state index contributed by atoms with van der Waals surface area (Å²) >= 11 is 0. The Hall–Kier alpha value is -2.86. The van der Waals surface area contributed by atoms with Crippen LogP contribution in [0.25, 0.3) is 11.0 Å². The Labute approximate surface area is 163 Å². The smallest absolute Gasteiger partial charge is 0.336 e. The van der Waals surface area contributed by atoms with Crippen molar-refractivity contribution < 1.29 is 18.7 Å². The van der Waals surface area contributed by atoms with Crippen molar-refractivity contribution in [2.24, 2.45) is 0 Å². The maximum Gasteiger partial charge on any atom is 0.336 e. The molecule has 0 N–H and O–H groups in total. The van der Waals surface area contributed by atoms with Gasteiger partial charge in [-0.05, 0) is 51.5 Å². The molecule has 6 nitrogen and oxygen atoms in total. The molecule has 0 aliphatic rings. The van der Waals surface area contributed by atoms with Gasteiger partial charge in [0.2, 0.25) is 5.78 Å². The number of benzene rings is 1. The number of methoxy groups -OCH3 is 1. The third-order valence-electron chi connectivity index (χ3n) is 4.93. The summed E-state index contributed by atoms with van der Waals surface area (Å²) in [7, 11) is 1.66. The highest BCUT2D eigenvalue weighted by atomic mass is 16.5. The van der Waals surface area contributed by atoms with Gasteiger partial charge < -0.3 is 18.5 Å². The zero-order chi connectivity index (χ0) is 20.4. The minimum atomic E-state index is -0.407. The van der Waals surface area contributed by atoms with Crippen LogP contribution in [0, 0.1) is 20.8 Å². The van der Waals surface area contributed by atoms with E-state index in [1.807, 2.05) is 32.9 Å². The maximum atomic E-state index is 12.7. The van der Waals surface area contributed by atoms with Gasteiger partial charge in [0.25, 0.3) is 0 Å². The summed E-state index contributed by atoms with van der Waals surface area (Å²) in [6.07, 6.45) is 0. The van der Waals surface area contributed by atoms with Crippen LogP contribution in [-0.4, -0.2) is 30.7 Å². The van der Waals surface area contributed by atoms with Gasteiger partial charge in [-0.25, -0.2) is 4.79 Å². The maximum absolute atomic E-state index is 12.7. The number of carbonyl (C=O) groups is 1. The molecule has 0 spiro atoms. The third kappa shape index (κ3) is 3.87. The first-order chi connectivity index (χ1) is 13.3. The molecule has 3 aromatic rings. The first-order valence-corrected chi connectivity index (χ1v) is 9.19. The Kier molecular flexibility index (Phi) is 5.70. The average molecular weight is 383 g/mol. The summed E-state index contributed by atoms with van der Waals surface area (Å²) in [5.41, 5.74) is 3.43. The largest absolute Gasteiger partial charge is 0.485 e. The van der Waals surface area contributed by atoms with Gasteiger partial charge in [0.15, 0.2) is 6.61 Å². The lowest BCUT2D eigenvalue weighted by Crippen LogP contribution is -2.16. The molecular weight excluding hydrogens is 358 g/mol. The first-order valence-electron chi connectivity index (χ1n) is 9.19. The zero-order valence-corrected chi connectivity index (χ0v) is 16.9. The third-order valence-corrected chi connectivity index (χ3v) is 4.93. The number of ether oxygens (including phenoxy) is 2. The van der Waals surface area contributed by atoms with Crippen molar-refractivity contribution in [3.63, 3.8) is 0 Å². The molecule has 0 unspecified atom stereocenters. The van der Waals surface area contributed by atoms with E-state index in [4.69, 9.17) is 13.9 Å². The Morgan fingerprint density at radius 2 is 1.93 bits per heavy atom. The molecule has 0 radical (unpaired) electrons. The number of aryl methyl sites for hydroxylation is 2. The second-order valence-corrected chi connectivity index (χ2v) is 7.08. The fourth-order valence-corrected chi connectivity index (χ4v) is 3.68. The number of fused-ring (bicyclic) bond motifs is 1. The quantitative estimate of drug-likeness (QED) is 0.456. The van der Waals surface area contributed by atoms with Crippen LogP contribution in [-0.2, 0) is 4.74 Å². The molecule has 1 atom stereocenters. The van der Waals surface area contributed by atoms with Gasteiger partial charge in [-0.15, -0.1) is 0 Å². The minimum absolute atomic E-state index is 0.0928. The van der Waals surface area contributed by atoms with Crippen LogP contribution in [0.1, 0.15) is 40.3 Å². The molecule has 0 aliphatic carbocycles. The molecule has 28 heavy (non-hydrogen) atoms. The normalized spacial score (nSPS) is 12.3. The van der Waals surface area contributed by atoms with Crippen molar-refractivity contribution in [1.82, 2.24) is 4.57 Å². The molecule has 0 fully saturated rings. The summed E-state index contributed by atoms with van der Waals surface area (Å²) in [5.74, 6) is 0.380. The predicted molar refractivity (Wildman–Crippen MR) is 108 cm³/mol. The van der Waals surface area contributed by atoms with E-state index in [0.29, 0.717) is 23.5 Å². The number of Topliss-reactive ketones (excluding diaryl/α,β-unsaturated/α-hetero) is 1. The predicted octanol–water partition coefficient (Wildman–Crippen LogP) is 3.99. The number of hydrogen-bond acceptors (Lipinski definition) is 5. The second-order valence-electron chi connectivity index (χ2n) is 7.08. The van der Waals surface area contributed by atoms with E-state index in [2.05, 4.69) is 11.5 Å². The van der Waals surface area contributed by atoms with Crippen molar-refractivity contribution in [1.29, 1.82) is 0 Å². The standard InChI is InChI=1S/C22H25NO5/c1-13-8-22(25)28-21-10-17(6-7-18(13)21)27-12-20(24)19-9-14(2)23(16(19)4)15(3)11-26-5/h6-10,15H,11-12H2,1-5H3/t15-/m1/s1. The lowest BCUT2D eigenvalue weighted by Gasteiger charge is -2.17. The molecule has 148 valence electrons. The van der Waals surface area contributed by atoms with Crippen molar-refractivity contribution >= 4 is 16.8 Å². The molecule has 2 aromatic heterocycles. The van der Waals surface area contributed by atoms with Crippen molar-refractivity contribution in [3.8, 4) is 5.75 Å². The summed E-state index contributed by atoms with van der Waals surface area (Å²) in [6, 6.07) is 8.71. The number of hydrogen-bond donors (Lipinski definition) is 0. The van der Waals surface area contributed by atoms with Crippen molar-refractivity contribution in [3.05, 3.63) is 63.3 Å². The molecular formula is C22H25NO5. The molecule has 0 saturated heterocycles. The number of rotatable bonds is 7. The van der Waals surface area contributed by atoms with Gasteiger partial charge in [-0.2, -0.15) is 0 Å². The molecule has 1 aromatic carbocycles. The molecule has 0 saturated carbocycles. The number of ketones is 1. The SMILES string of the molecule is COC[C@@H](C)n1c(C)cc(C(=O)COc2ccc3c(C)cc(=O)oc3c2)c1C. The van der Waals surface area contributed by atoms with Crippen LogP contribution >= 0.6 is 0 Å². The van der Waals surface area contributed by atoms with E-state index >= 15 is 0 Å². The minimum Gasteiger partial charge on any atom is -0.485 e. The highest BCUT2D eigenvalue weighted by Gasteiger charge is 2.19. The molecule has 2 heterocycles. The number of carbonyl (C=O) groups excluding carboxylic acids is 1. The summed E-state index contributed by atoms with van der Waals surface area (Å²) in [4.78, 5) is 24.3. The van der Waals surface area contributed by atoms with Gasteiger partial charge in [-0.3, -0.25) is 4.79 Å². The van der Waals surface area contributed by atoms with Crippen molar-refractivity contribution in [2.45, 2.75) is 33.7 Å². The van der Waals surface area contributed by atoms with Gasteiger partial charge in [-0.1, -0.05) is 0 Å². The van der Waals surface area contributed by atoms with E-state index in [0.717, 1.165) is 22.3 Å². The Morgan fingerprint density at radius 1 is 1.18 bits per heavy atom. The topological polar surface area (TPSA) is 70.7 Å². The van der Waals surface area contributed by atoms with Crippen LogP contribution in [0.2, 0.25) is 0 Å². The van der Waals surface area contributed by atoms with E-state index in [-0.39, 0.29) is 18.4 Å². The monoisotopic (exact) mass is 383 g/mol. The number of aromatic nitrogens is 1. The van der Waals surface area contributed by atoms with Crippen LogP contribution < -0.4 is 10.4 Å². The Balaban J connectivity index is 1.78. The second kappa shape index (κ2) is 8.02. The fourth-order valence-electron chi connectivity index (χ4n) is 3.68. The Bertz CT molecular complexity index is 1080. The first kappa shape index (κ1) is 19.9. The highest BCUT2D eigenvalue weighted by molar-refractivity contribution is 5.98. The highest BCUT2D eigenvalue weighted by Crippen LogP contribution is 2.24. The van der Waals surface area contributed by atoms with Crippen LogP contribution in [0.5, 0.6) is 5.75 Å². The van der Waals surface area contributed by atoms with Gasteiger partial charge in [0.1, 0.15) is 11.3 Å². The average Bonchev–Trinajstić information content (AvgIpc) is 2.93. The number of nitrogens with zero attached hydrogens (tertiary/aromatic N) is 1. The van der Waals surface area contributed by atoms with Crippen LogP contribution in [0.4, 0.5) is 0 Å². The van der Waals surface area contributed by atoms with E-state index < -0.39 is 5.63 Å². The molecule has 3 rings (SSSR count). The summed E-state index contributed by atoms with van der Waals surface area (Å²) < 4.78 is 18.2. The molecule has 0 aliphatic heterocycles. The fraction of sp³-hybridized carbons (Fsp3) is 0.364. The lowest BCUT2D eigenvalue weighted by molar-refractivity contribution is 0.0920.